The summed E-state index contributed by atoms with van der Waals surface area (Å²) in [4.78, 5) is 0.347. The highest BCUT2D eigenvalue weighted by molar-refractivity contribution is 7.89. The van der Waals surface area contributed by atoms with Crippen molar-refractivity contribution in [3.05, 3.63) is 42.5 Å². The van der Waals surface area contributed by atoms with Crippen molar-refractivity contribution in [3.8, 4) is 0 Å². The van der Waals surface area contributed by atoms with Crippen molar-refractivity contribution < 1.29 is 13.2 Å². The molecular weight excluding hydrogens is 286 g/mol. The van der Waals surface area contributed by atoms with Crippen LogP contribution >= 0.6 is 0 Å². The number of hydrogen-bond donors (Lipinski definition) is 1. The van der Waals surface area contributed by atoms with E-state index in [9.17, 15) is 8.42 Å². The minimum Gasteiger partial charge on any atom is -0.378 e. The molecule has 0 radical (unpaired) electrons. The van der Waals surface area contributed by atoms with Crippen LogP contribution in [-0.4, -0.2) is 27.2 Å². The van der Waals surface area contributed by atoms with Crippen LogP contribution < -0.4 is 4.72 Å². The van der Waals surface area contributed by atoms with Crippen LogP contribution in [0.15, 0.2) is 47.4 Å². The molecule has 1 aliphatic heterocycles. The van der Waals surface area contributed by atoms with Crippen LogP contribution in [0.5, 0.6) is 0 Å². The number of rotatable bonds is 3. The highest BCUT2D eigenvalue weighted by Gasteiger charge is 2.25. The largest absolute Gasteiger partial charge is 0.378 e. The van der Waals surface area contributed by atoms with Gasteiger partial charge in [0.25, 0.3) is 0 Å². The quantitative estimate of drug-likeness (QED) is 0.948. The number of sulfonamides is 1. The second-order valence-electron chi connectivity index (χ2n) is 5.50. The van der Waals surface area contributed by atoms with Crippen molar-refractivity contribution in [1.82, 2.24) is 4.72 Å². The monoisotopic (exact) mass is 305 g/mol. The van der Waals surface area contributed by atoms with Gasteiger partial charge in [-0.05, 0) is 31.2 Å². The Balaban J connectivity index is 1.93. The lowest BCUT2D eigenvalue weighted by Gasteiger charge is -2.27. The second kappa shape index (κ2) is 5.75. The number of ether oxygens (including phenoxy) is 1. The smallest absolute Gasteiger partial charge is 0.241 e. The molecule has 1 heterocycles. The van der Waals surface area contributed by atoms with Gasteiger partial charge >= 0.3 is 0 Å². The number of benzene rings is 2. The average molecular weight is 305 g/mol. The Hall–Kier alpha value is -1.43. The lowest BCUT2D eigenvalue weighted by Crippen LogP contribution is -2.41. The van der Waals surface area contributed by atoms with E-state index in [1.165, 1.54) is 0 Å². The van der Waals surface area contributed by atoms with Crippen LogP contribution in [0.1, 0.15) is 19.8 Å². The molecule has 21 heavy (non-hydrogen) atoms. The van der Waals surface area contributed by atoms with Gasteiger partial charge in [-0.3, -0.25) is 0 Å². The van der Waals surface area contributed by atoms with E-state index in [0.29, 0.717) is 24.3 Å². The molecule has 2 unspecified atom stereocenters. The predicted molar refractivity (Wildman–Crippen MR) is 82.7 cm³/mol. The van der Waals surface area contributed by atoms with E-state index in [4.69, 9.17) is 4.74 Å². The highest BCUT2D eigenvalue weighted by Crippen LogP contribution is 2.24. The van der Waals surface area contributed by atoms with E-state index in [2.05, 4.69) is 4.72 Å². The van der Waals surface area contributed by atoms with Crippen molar-refractivity contribution >= 4 is 20.8 Å². The molecule has 0 aliphatic carbocycles. The average Bonchev–Trinajstić information content (AvgIpc) is 2.46. The first-order valence-electron chi connectivity index (χ1n) is 7.18. The van der Waals surface area contributed by atoms with E-state index < -0.39 is 10.0 Å². The van der Waals surface area contributed by atoms with E-state index in [1.807, 2.05) is 37.3 Å². The topological polar surface area (TPSA) is 55.4 Å². The lowest BCUT2D eigenvalue weighted by atomic mass is 10.1. The highest BCUT2D eigenvalue weighted by atomic mass is 32.2. The number of nitrogens with one attached hydrogen (secondary N) is 1. The maximum absolute atomic E-state index is 12.7. The maximum atomic E-state index is 12.7. The fourth-order valence-corrected chi connectivity index (χ4v) is 4.33. The number of hydrogen-bond acceptors (Lipinski definition) is 3. The normalized spacial score (nSPS) is 23.3. The van der Waals surface area contributed by atoms with Gasteiger partial charge in [0.05, 0.1) is 11.0 Å². The van der Waals surface area contributed by atoms with Gasteiger partial charge in [-0.1, -0.05) is 36.4 Å². The predicted octanol–water partition coefficient (Wildman–Crippen LogP) is 2.69. The standard InChI is InChI=1S/C16H19NO3S/c1-12-11-14(9-10-20-12)17-21(18,19)16-8-4-6-13-5-2-3-7-15(13)16/h2-8,12,14,17H,9-11H2,1H3. The summed E-state index contributed by atoms with van der Waals surface area (Å²) in [5, 5.41) is 1.69. The molecule has 3 rings (SSSR count). The van der Waals surface area contributed by atoms with E-state index in [1.54, 1.807) is 12.1 Å². The molecule has 0 amide bonds. The van der Waals surface area contributed by atoms with Crippen molar-refractivity contribution in [2.75, 3.05) is 6.61 Å². The SMILES string of the molecule is CC1CC(NS(=O)(=O)c2cccc3ccccc23)CCO1. The Labute approximate surface area is 125 Å². The summed E-state index contributed by atoms with van der Waals surface area (Å²) in [6, 6.07) is 12.8. The van der Waals surface area contributed by atoms with Crippen LogP contribution in [0.3, 0.4) is 0 Å². The molecule has 0 saturated carbocycles. The molecule has 0 bridgehead atoms. The summed E-state index contributed by atoms with van der Waals surface area (Å²) in [7, 11) is -3.52. The third-order valence-electron chi connectivity index (χ3n) is 3.85. The molecule has 0 spiro atoms. The van der Waals surface area contributed by atoms with Crippen molar-refractivity contribution in [2.45, 2.75) is 36.8 Å². The summed E-state index contributed by atoms with van der Waals surface area (Å²) >= 11 is 0. The Bertz CT molecular complexity index is 737. The zero-order chi connectivity index (χ0) is 14.9. The second-order valence-corrected chi connectivity index (χ2v) is 7.18. The Kier molecular flexibility index (Phi) is 3.97. The van der Waals surface area contributed by atoms with Gasteiger partial charge in [0.2, 0.25) is 10.0 Å². The fourth-order valence-electron chi connectivity index (χ4n) is 2.82. The van der Waals surface area contributed by atoms with Crippen LogP contribution in [0, 0.1) is 0 Å². The molecule has 1 aliphatic rings. The molecule has 1 saturated heterocycles. The Morgan fingerprint density at radius 3 is 2.71 bits per heavy atom. The number of fused-ring (bicyclic) bond motifs is 1. The summed E-state index contributed by atoms with van der Waals surface area (Å²) in [6.45, 7) is 2.57. The van der Waals surface area contributed by atoms with Gasteiger partial charge in [-0.15, -0.1) is 0 Å². The molecule has 1 fully saturated rings. The van der Waals surface area contributed by atoms with Crippen LogP contribution in [-0.2, 0) is 14.8 Å². The fraction of sp³-hybridized carbons (Fsp3) is 0.375. The molecule has 112 valence electrons. The van der Waals surface area contributed by atoms with Crippen LogP contribution in [0.2, 0.25) is 0 Å². The first kappa shape index (κ1) is 14.5. The zero-order valence-corrected chi connectivity index (χ0v) is 12.8. The van der Waals surface area contributed by atoms with Crippen LogP contribution in [0.4, 0.5) is 0 Å². The molecule has 1 N–H and O–H groups in total. The van der Waals surface area contributed by atoms with Crippen molar-refractivity contribution in [1.29, 1.82) is 0 Å². The van der Waals surface area contributed by atoms with Gasteiger partial charge in [-0.2, -0.15) is 0 Å². The Morgan fingerprint density at radius 1 is 1.14 bits per heavy atom. The van der Waals surface area contributed by atoms with Crippen LogP contribution in [0.25, 0.3) is 10.8 Å². The molecule has 4 nitrogen and oxygen atoms in total. The minimum atomic E-state index is -3.52. The van der Waals surface area contributed by atoms with Gasteiger partial charge in [0, 0.05) is 18.0 Å². The third-order valence-corrected chi connectivity index (χ3v) is 5.42. The maximum Gasteiger partial charge on any atom is 0.241 e. The first-order valence-corrected chi connectivity index (χ1v) is 8.66. The third kappa shape index (κ3) is 3.10. The van der Waals surface area contributed by atoms with E-state index in [-0.39, 0.29) is 12.1 Å². The summed E-state index contributed by atoms with van der Waals surface area (Å²) < 4.78 is 33.6. The summed E-state index contributed by atoms with van der Waals surface area (Å²) in [6.07, 6.45) is 1.53. The molecule has 2 aromatic carbocycles. The molecule has 0 aromatic heterocycles. The van der Waals surface area contributed by atoms with E-state index in [0.717, 1.165) is 10.8 Å². The Morgan fingerprint density at radius 2 is 1.90 bits per heavy atom. The summed E-state index contributed by atoms with van der Waals surface area (Å²) in [5.41, 5.74) is 0. The van der Waals surface area contributed by atoms with Gasteiger partial charge < -0.3 is 4.74 Å². The van der Waals surface area contributed by atoms with Crippen molar-refractivity contribution in [2.24, 2.45) is 0 Å². The molecule has 2 atom stereocenters. The molecule has 2 aromatic rings. The van der Waals surface area contributed by atoms with Gasteiger partial charge in [-0.25, -0.2) is 13.1 Å². The van der Waals surface area contributed by atoms with E-state index >= 15 is 0 Å². The minimum absolute atomic E-state index is 0.0577. The summed E-state index contributed by atoms with van der Waals surface area (Å²) in [5.74, 6) is 0. The van der Waals surface area contributed by atoms with Gasteiger partial charge in [0.15, 0.2) is 0 Å². The molecule has 5 heteroatoms. The lowest BCUT2D eigenvalue weighted by molar-refractivity contribution is 0.0173. The molecular formula is C16H19NO3S. The van der Waals surface area contributed by atoms with Gasteiger partial charge in [0.1, 0.15) is 0 Å². The zero-order valence-electron chi connectivity index (χ0n) is 12.0. The first-order chi connectivity index (χ1) is 10.1. The van der Waals surface area contributed by atoms with Crippen molar-refractivity contribution in [3.63, 3.8) is 0 Å².